The Hall–Kier alpha value is -3.14. The van der Waals surface area contributed by atoms with Gasteiger partial charge in [-0.2, -0.15) is 0 Å². The van der Waals surface area contributed by atoms with E-state index in [4.69, 9.17) is 0 Å². The van der Waals surface area contributed by atoms with Crippen molar-refractivity contribution in [3.8, 4) is 0 Å². The molecule has 0 N–H and O–H groups in total. The SMILES string of the molecule is O=CC(N=C(c1ccccc1)c1ccccc1)c1cnccn1. The van der Waals surface area contributed by atoms with E-state index in [-0.39, 0.29) is 0 Å². The first-order valence-electron chi connectivity index (χ1n) is 7.28. The highest BCUT2D eigenvalue weighted by Crippen LogP contribution is 2.17. The molecule has 0 aliphatic carbocycles. The number of nitrogens with zero attached hydrogens (tertiary/aromatic N) is 3. The molecule has 4 heteroatoms. The highest BCUT2D eigenvalue weighted by atomic mass is 16.1. The minimum absolute atomic E-state index is 0.534. The molecule has 0 radical (unpaired) electrons. The van der Waals surface area contributed by atoms with Crippen LogP contribution in [0.3, 0.4) is 0 Å². The molecule has 1 atom stereocenters. The Balaban J connectivity index is 2.09. The monoisotopic (exact) mass is 301 g/mol. The van der Waals surface area contributed by atoms with E-state index in [1.807, 2.05) is 60.7 Å². The van der Waals surface area contributed by atoms with Crippen LogP contribution in [0.15, 0.2) is 84.2 Å². The molecule has 0 aliphatic heterocycles. The van der Waals surface area contributed by atoms with Gasteiger partial charge in [-0.1, -0.05) is 60.7 Å². The molecular formula is C19H15N3O. The fraction of sp³-hybridized carbons (Fsp3) is 0.0526. The third-order valence-electron chi connectivity index (χ3n) is 3.38. The van der Waals surface area contributed by atoms with Crippen molar-refractivity contribution >= 4 is 12.0 Å². The van der Waals surface area contributed by atoms with Gasteiger partial charge in [0.05, 0.1) is 17.6 Å². The minimum Gasteiger partial charge on any atom is -0.301 e. The second-order valence-electron chi connectivity index (χ2n) is 4.92. The van der Waals surface area contributed by atoms with Crippen molar-refractivity contribution in [2.24, 2.45) is 4.99 Å². The Kier molecular flexibility index (Phi) is 4.64. The lowest BCUT2D eigenvalue weighted by Gasteiger charge is -2.11. The van der Waals surface area contributed by atoms with Gasteiger partial charge in [0.2, 0.25) is 0 Å². The van der Waals surface area contributed by atoms with Crippen LogP contribution in [0.5, 0.6) is 0 Å². The second kappa shape index (κ2) is 7.22. The lowest BCUT2D eigenvalue weighted by molar-refractivity contribution is -0.109. The van der Waals surface area contributed by atoms with Gasteiger partial charge in [0.25, 0.3) is 0 Å². The normalized spacial score (nSPS) is 11.5. The fourth-order valence-electron chi connectivity index (χ4n) is 2.28. The maximum absolute atomic E-state index is 11.5. The summed E-state index contributed by atoms with van der Waals surface area (Å²) in [6.07, 6.45) is 5.49. The number of benzene rings is 2. The van der Waals surface area contributed by atoms with Crippen LogP contribution < -0.4 is 0 Å². The molecule has 112 valence electrons. The molecule has 2 aromatic carbocycles. The quantitative estimate of drug-likeness (QED) is 0.537. The topological polar surface area (TPSA) is 55.2 Å². The van der Waals surface area contributed by atoms with Crippen molar-refractivity contribution in [2.45, 2.75) is 6.04 Å². The van der Waals surface area contributed by atoms with Gasteiger partial charge in [-0.05, 0) is 0 Å². The second-order valence-corrected chi connectivity index (χ2v) is 4.92. The van der Waals surface area contributed by atoms with Gasteiger partial charge in [0.1, 0.15) is 6.04 Å². The van der Waals surface area contributed by atoms with Gasteiger partial charge in [0.15, 0.2) is 6.29 Å². The van der Waals surface area contributed by atoms with Gasteiger partial charge in [-0.3, -0.25) is 15.0 Å². The van der Waals surface area contributed by atoms with Crippen LogP contribution in [-0.2, 0) is 4.79 Å². The van der Waals surface area contributed by atoms with Gasteiger partial charge in [-0.15, -0.1) is 0 Å². The van der Waals surface area contributed by atoms with Gasteiger partial charge in [-0.25, -0.2) is 0 Å². The van der Waals surface area contributed by atoms with E-state index in [1.165, 1.54) is 0 Å². The summed E-state index contributed by atoms with van der Waals surface area (Å²) in [6.45, 7) is 0. The summed E-state index contributed by atoms with van der Waals surface area (Å²) in [5, 5.41) is 0. The van der Waals surface area contributed by atoms with Crippen molar-refractivity contribution < 1.29 is 4.79 Å². The summed E-state index contributed by atoms with van der Waals surface area (Å²) in [5.74, 6) is 0. The van der Waals surface area contributed by atoms with Crippen LogP contribution in [-0.4, -0.2) is 22.0 Å². The van der Waals surface area contributed by atoms with Crippen molar-refractivity contribution in [3.63, 3.8) is 0 Å². The molecule has 0 fully saturated rings. The molecule has 0 aliphatic rings. The van der Waals surface area contributed by atoms with E-state index >= 15 is 0 Å². The highest BCUT2D eigenvalue weighted by molar-refractivity contribution is 6.13. The molecule has 1 aromatic heterocycles. The molecule has 1 heterocycles. The molecule has 0 saturated heterocycles. The predicted octanol–water partition coefficient (Wildman–Crippen LogP) is 3.25. The molecule has 0 spiro atoms. The Labute approximate surface area is 134 Å². The first kappa shape index (κ1) is 14.8. The zero-order chi connectivity index (χ0) is 15.9. The summed E-state index contributed by atoms with van der Waals surface area (Å²) in [6, 6.07) is 18.9. The van der Waals surface area contributed by atoms with E-state index in [0.717, 1.165) is 23.1 Å². The number of rotatable bonds is 5. The van der Waals surface area contributed by atoms with E-state index < -0.39 is 6.04 Å². The molecular weight excluding hydrogens is 286 g/mol. The minimum atomic E-state index is -0.681. The fourth-order valence-corrected chi connectivity index (χ4v) is 2.28. The van der Waals surface area contributed by atoms with Crippen LogP contribution in [0.25, 0.3) is 0 Å². The van der Waals surface area contributed by atoms with Crippen LogP contribution in [0, 0.1) is 0 Å². The van der Waals surface area contributed by atoms with Crippen LogP contribution in [0.4, 0.5) is 0 Å². The molecule has 23 heavy (non-hydrogen) atoms. The number of carbonyl (C=O) groups excluding carboxylic acids is 1. The third kappa shape index (κ3) is 3.55. The number of aliphatic imine (C=N–C) groups is 1. The van der Waals surface area contributed by atoms with Gasteiger partial charge in [0, 0.05) is 23.5 Å². The molecule has 1 unspecified atom stereocenters. The van der Waals surface area contributed by atoms with Crippen molar-refractivity contribution in [1.29, 1.82) is 0 Å². The smallest absolute Gasteiger partial charge is 0.150 e. The zero-order valence-corrected chi connectivity index (χ0v) is 12.4. The number of hydrogen-bond acceptors (Lipinski definition) is 4. The summed E-state index contributed by atoms with van der Waals surface area (Å²) in [4.78, 5) is 24.4. The Morgan fingerprint density at radius 2 is 1.52 bits per heavy atom. The first-order valence-corrected chi connectivity index (χ1v) is 7.28. The number of aromatic nitrogens is 2. The van der Waals surface area contributed by atoms with Crippen LogP contribution in [0.1, 0.15) is 22.9 Å². The molecule has 0 amide bonds. The van der Waals surface area contributed by atoms with Crippen molar-refractivity contribution in [1.82, 2.24) is 9.97 Å². The summed E-state index contributed by atoms with van der Waals surface area (Å²) >= 11 is 0. The Morgan fingerprint density at radius 1 is 0.913 bits per heavy atom. The first-order chi connectivity index (χ1) is 11.4. The summed E-state index contributed by atoms with van der Waals surface area (Å²) in [5.41, 5.74) is 3.20. The Morgan fingerprint density at radius 3 is 2.00 bits per heavy atom. The van der Waals surface area contributed by atoms with E-state index in [0.29, 0.717) is 5.69 Å². The number of carbonyl (C=O) groups is 1. The molecule has 0 bridgehead atoms. The summed E-state index contributed by atoms with van der Waals surface area (Å²) in [7, 11) is 0. The molecule has 3 aromatic rings. The Bertz CT molecular complexity index is 745. The molecule has 3 rings (SSSR count). The summed E-state index contributed by atoms with van der Waals surface area (Å²) < 4.78 is 0. The van der Waals surface area contributed by atoms with Crippen LogP contribution in [0.2, 0.25) is 0 Å². The largest absolute Gasteiger partial charge is 0.301 e. The van der Waals surface area contributed by atoms with E-state index in [2.05, 4.69) is 15.0 Å². The highest BCUT2D eigenvalue weighted by Gasteiger charge is 2.14. The van der Waals surface area contributed by atoms with E-state index in [9.17, 15) is 4.79 Å². The number of aldehydes is 1. The van der Waals surface area contributed by atoms with Gasteiger partial charge >= 0.3 is 0 Å². The maximum atomic E-state index is 11.5. The van der Waals surface area contributed by atoms with Crippen LogP contribution >= 0.6 is 0 Å². The molecule has 4 nitrogen and oxygen atoms in total. The predicted molar refractivity (Wildman–Crippen MR) is 89.4 cm³/mol. The maximum Gasteiger partial charge on any atom is 0.150 e. The van der Waals surface area contributed by atoms with Crippen molar-refractivity contribution in [2.75, 3.05) is 0 Å². The zero-order valence-electron chi connectivity index (χ0n) is 12.4. The van der Waals surface area contributed by atoms with E-state index in [1.54, 1.807) is 18.6 Å². The van der Waals surface area contributed by atoms with Gasteiger partial charge < -0.3 is 4.79 Å². The lowest BCUT2D eigenvalue weighted by atomic mass is 10.0. The molecule has 0 saturated carbocycles. The third-order valence-corrected chi connectivity index (χ3v) is 3.38. The average molecular weight is 301 g/mol. The average Bonchev–Trinajstić information content (AvgIpc) is 2.65. The standard InChI is InChI=1S/C19H15N3O/c23-14-18(17-13-20-11-12-21-17)22-19(15-7-3-1-4-8-15)16-9-5-2-6-10-16/h1-14,18H. The lowest BCUT2D eigenvalue weighted by Crippen LogP contribution is -2.09. The number of hydrogen-bond donors (Lipinski definition) is 0. The van der Waals surface area contributed by atoms with Crippen molar-refractivity contribution in [3.05, 3.63) is 96.1 Å².